The third-order valence-electron chi connectivity index (χ3n) is 1.78. The third-order valence-corrected chi connectivity index (χ3v) is 1.78. The number of rotatable bonds is 5. The number of H-pyrrole nitrogens is 1. The molecule has 1 aromatic heterocycles. The summed E-state index contributed by atoms with van der Waals surface area (Å²) in [6.07, 6.45) is 1.20. The molecule has 0 fully saturated rings. The molecule has 0 radical (unpaired) electrons. The molecule has 6 heteroatoms. The summed E-state index contributed by atoms with van der Waals surface area (Å²) in [5, 5.41) is 11.4. The van der Waals surface area contributed by atoms with Crippen LogP contribution in [0.25, 0.3) is 0 Å². The van der Waals surface area contributed by atoms with Crippen LogP contribution in [0.4, 0.5) is 5.82 Å². The molecule has 0 aliphatic heterocycles. The van der Waals surface area contributed by atoms with Crippen molar-refractivity contribution in [1.82, 2.24) is 15.5 Å². The fourth-order valence-electron chi connectivity index (χ4n) is 1.05. The molecular weight excluding hydrogens is 196 g/mol. The molecule has 0 atom stereocenters. The Hall–Kier alpha value is -1.69. The Morgan fingerprint density at radius 3 is 2.93 bits per heavy atom. The van der Waals surface area contributed by atoms with Gasteiger partial charge in [0.1, 0.15) is 0 Å². The fraction of sp³-hybridized carbons (Fsp3) is 0.444. The van der Waals surface area contributed by atoms with E-state index in [4.69, 9.17) is 0 Å². The van der Waals surface area contributed by atoms with Crippen molar-refractivity contribution in [3.63, 3.8) is 0 Å². The van der Waals surface area contributed by atoms with Gasteiger partial charge in [0.05, 0.1) is 0 Å². The molecule has 1 rings (SSSR count). The van der Waals surface area contributed by atoms with Gasteiger partial charge in [-0.15, -0.1) is 0 Å². The summed E-state index contributed by atoms with van der Waals surface area (Å²) >= 11 is 0. The summed E-state index contributed by atoms with van der Waals surface area (Å²) in [6.45, 7) is 0.798. The van der Waals surface area contributed by atoms with Gasteiger partial charge in [-0.25, -0.2) is 5.10 Å². The number of hydrogen-bond donors (Lipinski definition) is 3. The van der Waals surface area contributed by atoms with E-state index in [1.807, 2.05) is 7.05 Å². The first-order chi connectivity index (χ1) is 7.22. The predicted octanol–water partition coefficient (Wildman–Crippen LogP) is -0.292. The van der Waals surface area contributed by atoms with Gasteiger partial charge in [0.25, 0.3) is 5.56 Å². The molecule has 6 nitrogen and oxygen atoms in total. The van der Waals surface area contributed by atoms with Gasteiger partial charge in [0.2, 0.25) is 5.91 Å². The van der Waals surface area contributed by atoms with Gasteiger partial charge in [-0.05, 0) is 26.1 Å². The van der Waals surface area contributed by atoms with Crippen molar-refractivity contribution in [1.29, 1.82) is 0 Å². The van der Waals surface area contributed by atoms with E-state index < -0.39 is 0 Å². The zero-order valence-corrected chi connectivity index (χ0v) is 8.54. The molecule has 1 heterocycles. The first kappa shape index (κ1) is 11.4. The second kappa shape index (κ2) is 5.92. The van der Waals surface area contributed by atoms with Crippen LogP contribution >= 0.6 is 0 Å². The molecule has 1 amide bonds. The fourth-order valence-corrected chi connectivity index (χ4v) is 1.05. The Morgan fingerprint density at radius 1 is 1.53 bits per heavy atom. The summed E-state index contributed by atoms with van der Waals surface area (Å²) in [6, 6.07) is 2.78. The SMILES string of the molecule is CNCCCC(=O)Nc1ccc(=O)[nH]n1. The van der Waals surface area contributed by atoms with Gasteiger partial charge < -0.3 is 10.6 Å². The molecule has 0 spiro atoms. The van der Waals surface area contributed by atoms with Gasteiger partial charge in [-0.2, -0.15) is 5.10 Å². The minimum Gasteiger partial charge on any atom is -0.320 e. The van der Waals surface area contributed by atoms with E-state index in [0.717, 1.165) is 13.0 Å². The predicted molar refractivity (Wildman–Crippen MR) is 56.6 cm³/mol. The second-order valence-electron chi connectivity index (χ2n) is 3.06. The summed E-state index contributed by atoms with van der Waals surface area (Å²) in [7, 11) is 1.83. The summed E-state index contributed by atoms with van der Waals surface area (Å²) in [4.78, 5) is 22.0. The number of aromatic nitrogens is 2. The minimum atomic E-state index is -0.289. The summed E-state index contributed by atoms with van der Waals surface area (Å²) in [5.74, 6) is 0.258. The highest BCUT2D eigenvalue weighted by molar-refractivity contribution is 5.89. The van der Waals surface area contributed by atoms with Crippen LogP contribution in [0.3, 0.4) is 0 Å². The Morgan fingerprint density at radius 2 is 2.33 bits per heavy atom. The summed E-state index contributed by atoms with van der Waals surface area (Å²) < 4.78 is 0. The van der Waals surface area contributed by atoms with Crippen LogP contribution in [0.1, 0.15) is 12.8 Å². The van der Waals surface area contributed by atoms with Crippen LogP contribution in [0.15, 0.2) is 16.9 Å². The van der Waals surface area contributed by atoms with Crippen LogP contribution in [-0.4, -0.2) is 29.7 Å². The quantitative estimate of drug-likeness (QED) is 0.583. The number of nitrogens with one attached hydrogen (secondary N) is 3. The largest absolute Gasteiger partial charge is 0.320 e. The highest BCUT2D eigenvalue weighted by atomic mass is 16.1. The van der Waals surface area contributed by atoms with Crippen molar-refractivity contribution in [3.8, 4) is 0 Å². The Labute approximate surface area is 87.1 Å². The van der Waals surface area contributed by atoms with Crippen LogP contribution in [0.5, 0.6) is 0 Å². The molecule has 3 N–H and O–H groups in total. The lowest BCUT2D eigenvalue weighted by molar-refractivity contribution is -0.116. The van der Waals surface area contributed by atoms with E-state index in [1.54, 1.807) is 0 Å². The number of hydrogen-bond acceptors (Lipinski definition) is 4. The maximum absolute atomic E-state index is 11.3. The topological polar surface area (TPSA) is 86.9 Å². The highest BCUT2D eigenvalue weighted by Crippen LogP contribution is 1.98. The molecule has 0 saturated carbocycles. The average molecular weight is 210 g/mol. The third kappa shape index (κ3) is 4.37. The van der Waals surface area contributed by atoms with Gasteiger partial charge in [0, 0.05) is 12.5 Å². The number of amides is 1. The lowest BCUT2D eigenvalue weighted by Crippen LogP contribution is -2.17. The Bertz CT molecular complexity index is 354. The van der Waals surface area contributed by atoms with Gasteiger partial charge in [-0.3, -0.25) is 9.59 Å². The van der Waals surface area contributed by atoms with Crippen molar-refractivity contribution in [3.05, 3.63) is 22.5 Å². The summed E-state index contributed by atoms with van der Waals surface area (Å²) in [5.41, 5.74) is -0.289. The zero-order valence-electron chi connectivity index (χ0n) is 8.54. The molecule has 0 bridgehead atoms. The molecule has 0 aliphatic carbocycles. The van der Waals surface area contributed by atoms with Crippen molar-refractivity contribution >= 4 is 11.7 Å². The van der Waals surface area contributed by atoms with E-state index >= 15 is 0 Å². The van der Waals surface area contributed by atoms with Crippen LogP contribution in [0.2, 0.25) is 0 Å². The maximum Gasteiger partial charge on any atom is 0.264 e. The van der Waals surface area contributed by atoms with E-state index in [-0.39, 0.29) is 11.5 Å². The van der Waals surface area contributed by atoms with Crippen molar-refractivity contribution < 1.29 is 4.79 Å². The molecular formula is C9H14N4O2. The van der Waals surface area contributed by atoms with Crippen LogP contribution < -0.4 is 16.2 Å². The first-order valence-corrected chi connectivity index (χ1v) is 4.72. The van der Waals surface area contributed by atoms with Crippen molar-refractivity contribution in [2.75, 3.05) is 18.9 Å². The Kier molecular flexibility index (Phi) is 4.49. The Balaban J connectivity index is 2.37. The van der Waals surface area contributed by atoms with Crippen molar-refractivity contribution in [2.45, 2.75) is 12.8 Å². The van der Waals surface area contributed by atoms with Crippen LogP contribution in [-0.2, 0) is 4.79 Å². The molecule has 0 aliphatic rings. The van der Waals surface area contributed by atoms with Gasteiger partial charge in [0.15, 0.2) is 5.82 Å². The molecule has 0 aromatic carbocycles. The van der Waals surface area contributed by atoms with E-state index in [1.165, 1.54) is 12.1 Å². The average Bonchev–Trinajstić information content (AvgIpc) is 2.22. The zero-order chi connectivity index (χ0) is 11.1. The number of carbonyl (C=O) groups excluding carboxylic acids is 1. The lowest BCUT2D eigenvalue weighted by Gasteiger charge is -2.02. The first-order valence-electron chi connectivity index (χ1n) is 4.72. The standard InChI is InChI=1S/C9H14N4O2/c1-10-6-2-3-8(14)11-7-4-5-9(15)13-12-7/h4-5,10H,2-3,6H2,1H3,(H,13,15)(H,11,12,14). The number of aromatic amines is 1. The lowest BCUT2D eigenvalue weighted by atomic mass is 10.3. The van der Waals surface area contributed by atoms with E-state index in [0.29, 0.717) is 12.2 Å². The monoisotopic (exact) mass is 210 g/mol. The maximum atomic E-state index is 11.3. The van der Waals surface area contributed by atoms with E-state index in [2.05, 4.69) is 20.8 Å². The smallest absolute Gasteiger partial charge is 0.264 e. The second-order valence-corrected chi connectivity index (χ2v) is 3.06. The normalized spacial score (nSPS) is 9.93. The van der Waals surface area contributed by atoms with Gasteiger partial charge in [-0.1, -0.05) is 0 Å². The van der Waals surface area contributed by atoms with Crippen LogP contribution in [0, 0.1) is 0 Å². The molecule has 0 saturated heterocycles. The van der Waals surface area contributed by atoms with E-state index in [9.17, 15) is 9.59 Å². The molecule has 1 aromatic rings. The minimum absolute atomic E-state index is 0.107. The molecule has 82 valence electrons. The number of nitrogens with zero attached hydrogens (tertiary/aromatic N) is 1. The molecule has 15 heavy (non-hydrogen) atoms. The number of carbonyl (C=O) groups is 1. The number of anilines is 1. The van der Waals surface area contributed by atoms with Crippen molar-refractivity contribution in [2.24, 2.45) is 0 Å². The highest BCUT2D eigenvalue weighted by Gasteiger charge is 2.02. The van der Waals surface area contributed by atoms with Gasteiger partial charge >= 0.3 is 0 Å². The molecule has 0 unspecified atom stereocenters.